The molecule has 0 spiro atoms. The Kier molecular flexibility index (Phi) is 2.97. The summed E-state index contributed by atoms with van der Waals surface area (Å²) in [5.74, 6) is 0.512. The van der Waals surface area contributed by atoms with E-state index in [2.05, 4.69) is 15.6 Å². The number of pyridine rings is 1. The molecule has 0 radical (unpaired) electrons. The Bertz CT molecular complexity index is 361. The van der Waals surface area contributed by atoms with Crippen molar-refractivity contribution in [2.24, 2.45) is 5.92 Å². The van der Waals surface area contributed by atoms with E-state index in [1.54, 1.807) is 6.20 Å². The third-order valence-electron chi connectivity index (χ3n) is 2.64. The van der Waals surface area contributed by atoms with E-state index in [0.29, 0.717) is 11.6 Å². The van der Waals surface area contributed by atoms with Crippen LogP contribution in [0.15, 0.2) is 18.3 Å². The lowest BCUT2D eigenvalue weighted by molar-refractivity contribution is 0.0936. The van der Waals surface area contributed by atoms with E-state index in [1.165, 1.54) is 0 Å². The Balaban J connectivity index is 1.92. The predicted octanol–water partition coefficient (Wildman–Crippen LogP) is 0.339. The molecule has 0 aliphatic carbocycles. The van der Waals surface area contributed by atoms with Crippen molar-refractivity contribution in [1.29, 1.82) is 0 Å². The van der Waals surface area contributed by atoms with Gasteiger partial charge in [0.25, 0.3) is 5.91 Å². The Morgan fingerprint density at radius 2 is 2.47 bits per heavy atom. The van der Waals surface area contributed by atoms with Gasteiger partial charge in [-0.2, -0.15) is 0 Å². The summed E-state index contributed by atoms with van der Waals surface area (Å²) in [6.45, 7) is 4.64. The van der Waals surface area contributed by atoms with Crippen molar-refractivity contribution >= 4 is 5.91 Å². The largest absolute Gasteiger partial charge is 0.350 e. The summed E-state index contributed by atoms with van der Waals surface area (Å²) in [6.07, 6.45) is 1.65. The number of hydrogen-bond donors (Lipinski definition) is 2. The zero-order valence-corrected chi connectivity index (χ0v) is 8.79. The van der Waals surface area contributed by atoms with Crippen LogP contribution < -0.4 is 10.6 Å². The average Bonchev–Trinajstić information content (AvgIpc) is 2.16. The molecule has 1 amide bonds. The Morgan fingerprint density at radius 1 is 1.67 bits per heavy atom. The van der Waals surface area contributed by atoms with Crippen molar-refractivity contribution in [3.8, 4) is 0 Å². The van der Waals surface area contributed by atoms with Gasteiger partial charge in [0.1, 0.15) is 5.69 Å². The zero-order valence-electron chi connectivity index (χ0n) is 8.79. The first-order valence-electron chi connectivity index (χ1n) is 5.18. The minimum Gasteiger partial charge on any atom is -0.350 e. The van der Waals surface area contributed by atoms with Crippen LogP contribution in [-0.2, 0) is 0 Å². The van der Waals surface area contributed by atoms with E-state index in [1.807, 2.05) is 19.1 Å². The lowest BCUT2D eigenvalue weighted by atomic mass is 10.0. The van der Waals surface area contributed by atoms with Gasteiger partial charge in [-0.05, 0) is 18.6 Å². The topological polar surface area (TPSA) is 54.0 Å². The van der Waals surface area contributed by atoms with Gasteiger partial charge in [0, 0.05) is 31.7 Å². The summed E-state index contributed by atoms with van der Waals surface area (Å²) < 4.78 is 0. The number of nitrogens with zero attached hydrogens (tertiary/aromatic N) is 1. The second-order valence-corrected chi connectivity index (χ2v) is 3.90. The fraction of sp³-hybridized carbons (Fsp3) is 0.455. The molecule has 2 heterocycles. The van der Waals surface area contributed by atoms with E-state index in [9.17, 15) is 4.79 Å². The van der Waals surface area contributed by atoms with Crippen LogP contribution in [0.2, 0.25) is 0 Å². The van der Waals surface area contributed by atoms with Crippen LogP contribution in [0.3, 0.4) is 0 Å². The van der Waals surface area contributed by atoms with Crippen LogP contribution in [0.25, 0.3) is 0 Å². The number of aryl methyl sites for hydroxylation is 1. The van der Waals surface area contributed by atoms with Crippen LogP contribution in [0.1, 0.15) is 16.1 Å². The van der Waals surface area contributed by atoms with Gasteiger partial charge in [0.2, 0.25) is 0 Å². The Labute approximate surface area is 89.1 Å². The van der Waals surface area contributed by atoms with Crippen molar-refractivity contribution in [2.75, 3.05) is 19.6 Å². The molecule has 15 heavy (non-hydrogen) atoms. The summed E-state index contributed by atoms with van der Waals surface area (Å²) in [6, 6.07) is 3.73. The molecule has 2 rings (SSSR count). The average molecular weight is 205 g/mol. The Morgan fingerprint density at radius 3 is 3.07 bits per heavy atom. The third kappa shape index (κ3) is 2.33. The molecule has 4 heteroatoms. The van der Waals surface area contributed by atoms with E-state index >= 15 is 0 Å². The number of carbonyl (C=O) groups excluding carboxylic acids is 1. The highest BCUT2D eigenvalue weighted by molar-refractivity contribution is 5.93. The summed E-state index contributed by atoms with van der Waals surface area (Å²) in [5.41, 5.74) is 1.45. The molecule has 4 nitrogen and oxygen atoms in total. The normalized spacial score (nSPS) is 15.8. The van der Waals surface area contributed by atoms with E-state index in [4.69, 9.17) is 0 Å². The molecule has 1 aromatic heterocycles. The van der Waals surface area contributed by atoms with Crippen molar-refractivity contribution < 1.29 is 4.79 Å². The van der Waals surface area contributed by atoms with E-state index in [-0.39, 0.29) is 5.91 Å². The number of rotatable bonds is 3. The maximum atomic E-state index is 11.7. The van der Waals surface area contributed by atoms with Crippen molar-refractivity contribution in [2.45, 2.75) is 6.92 Å². The summed E-state index contributed by atoms with van der Waals surface area (Å²) in [4.78, 5) is 15.8. The van der Waals surface area contributed by atoms with E-state index in [0.717, 1.165) is 25.2 Å². The lowest BCUT2D eigenvalue weighted by Crippen LogP contribution is -2.48. The fourth-order valence-electron chi connectivity index (χ4n) is 1.54. The highest BCUT2D eigenvalue weighted by atomic mass is 16.1. The van der Waals surface area contributed by atoms with E-state index < -0.39 is 0 Å². The molecule has 1 saturated heterocycles. The summed E-state index contributed by atoms with van der Waals surface area (Å²) in [5, 5.41) is 6.07. The highest BCUT2D eigenvalue weighted by Crippen LogP contribution is 2.04. The number of nitrogens with one attached hydrogen (secondary N) is 2. The minimum absolute atomic E-state index is 0.0694. The molecule has 80 valence electrons. The molecule has 1 aliphatic rings. The van der Waals surface area contributed by atoms with Gasteiger partial charge in [0.05, 0.1) is 0 Å². The van der Waals surface area contributed by atoms with Gasteiger partial charge >= 0.3 is 0 Å². The second-order valence-electron chi connectivity index (χ2n) is 3.90. The minimum atomic E-state index is -0.0694. The highest BCUT2D eigenvalue weighted by Gasteiger charge is 2.18. The van der Waals surface area contributed by atoms with Crippen LogP contribution in [-0.4, -0.2) is 30.5 Å². The smallest absolute Gasteiger partial charge is 0.270 e. The van der Waals surface area contributed by atoms with Crippen molar-refractivity contribution in [1.82, 2.24) is 15.6 Å². The lowest BCUT2D eigenvalue weighted by Gasteiger charge is -2.27. The molecule has 0 aromatic carbocycles. The maximum absolute atomic E-state index is 11.7. The molecule has 1 aromatic rings. The molecule has 1 aliphatic heterocycles. The van der Waals surface area contributed by atoms with Gasteiger partial charge < -0.3 is 10.6 Å². The predicted molar refractivity (Wildman–Crippen MR) is 57.7 cm³/mol. The molecule has 0 atom stereocenters. The van der Waals surface area contributed by atoms with Gasteiger partial charge in [0.15, 0.2) is 0 Å². The summed E-state index contributed by atoms with van der Waals surface area (Å²) >= 11 is 0. The number of carbonyl (C=O) groups is 1. The number of aromatic nitrogens is 1. The van der Waals surface area contributed by atoms with Gasteiger partial charge in [-0.25, -0.2) is 0 Å². The quantitative estimate of drug-likeness (QED) is 0.748. The fourth-order valence-corrected chi connectivity index (χ4v) is 1.54. The maximum Gasteiger partial charge on any atom is 0.270 e. The molecule has 0 saturated carbocycles. The van der Waals surface area contributed by atoms with Crippen LogP contribution in [0, 0.1) is 12.8 Å². The third-order valence-corrected chi connectivity index (χ3v) is 2.64. The Hall–Kier alpha value is -1.42. The zero-order chi connectivity index (χ0) is 10.7. The summed E-state index contributed by atoms with van der Waals surface area (Å²) in [7, 11) is 0. The van der Waals surface area contributed by atoms with Gasteiger partial charge in [-0.1, -0.05) is 6.07 Å². The first-order chi connectivity index (χ1) is 7.27. The van der Waals surface area contributed by atoms with Gasteiger partial charge in [-0.3, -0.25) is 9.78 Å². The monoisotopic (exact) mass is 205 g/mol. The second kappa shape index (κ2) is 4.40. The van der Waals surface area contributed by atoms with Crippen LogP contribution >= 0.6 is 0 Å². The molecular weight excluding hydrogens is 190 g/mol. The van der Waals surface area contributed by atoms with Crippen molar-refractivity contribution in [3.63, 3.8) is 0 Å². The SMILES string of the molecule is Cc1cccnc1C(=O)NCC1CNC1. The first-order valence-corrected chi connectivity index (χ1v) is 5.18. The molecule has 0 unspecified atom stereocenters. The number of amides is 1. The standard InChI is InChI=1S/C11H15N3O/c1-8-3-2-4-13-10(8)11(15)14-7-9-5-12-6-9/h2-4,9,12H,5-7H2,1H3,(H,14,15). The van der Waals surface area contributed by atoms with Crippen LogP contribution in [0.5, 0.6) is 0 Å². The molecule has 0 bridgehead atoms. The molecule has 2 N–H and O–H groups in total. The van der Waals surface area contributed by atoms with Crippen molar-refractivity contribution in [3.05, 3.63) is 29.6 Å². The molecule has 1 fully saturated rings. The number of hydrogen-bond acceptors (Lipinski definition) is 3. The van der Waals surface area contributed by atoms with Gasteiger partial charge in [-0.15, -0.1) is 0 Å². The first kappa shape index (κ1) is 10.1. The van der Waals surface area contributed by atoms with Crippen LogP contribution in [0.4, 0.5) is 0 Å². The molecular formula is C11H15N3O.